The summed E-state index contributed by atoms with van der Waals surface area (Å²) in [7, 11) is 0. The van der Waals surface area contributed by atoms with Gasteiger partial charge >= 0.3 is 0 Å². The fourth-order valence-electron chi connectivity index (χ4n) is 2.07. The van der Waals surface area contributed by atoms with Gasteiger partial charge in [-0.1, -0.05) is 0 Å². The Morgan fingerprint density at radius 2 is 2.21 bits per heavy atom. The maximum Gasteiger partial charge on any atom is 0.251 e. The number of carbonyl (C=O) groups is 2. The van der Waals surface area contributed by atoms with Gasteiger partial charge in [0.05, 0.1) is 12.1 Å². The highest BCUT2D eigenvalue weighted by Gasteiger charge is 2.32. The number of thiophene rings is 1. The van der Waals surface area contributed by atoms with E-state index in [4.69, 9.17) is 5.73 Å². The molecule has 1 aliphatic carbocycles. The van der Waals surface area contributed by atoms with Crippen LogP contribution in [0.1, 0.15) is 37.0 Å². The van der Waals surface area contributed by atoms with E-state index in [2.05, 4.69) is 24.1 Å². The van der Waals surface area contributed by atoms with Gasteiger partial charge < -0.3 is 11.1 Å². The molecule has 19 heavy (non-hydrogen) atoms. The highest BCUT2D eigenvalue weighted by Crippen LogP contribution is 2.28. The van der Waals surface area contributed by atoms with Crippen LogP contribution in [0.4, 0.5) is 5.00 Å². The summed E-state index contributed by atoms with van der Waals surface area (Å²) in [6.45, 7) is 4.54. The second-order valence-electron chi connectivity index (χ2n) is 5.07. The minimum Gasteiger partial charge on any atom is -0.366 e. The summed E-state index contributed by atoms with van der Waals surface area (Å²) in [6, 6.07) is 2.51. The van der Waals surface area contributed by atoms with Crippen molar-refractivity contribution >= 4 is 28.2 Å². The fraction of sp³-hybridized carbons (Fsp3) is 0.538. The third-order valence-electron chi connectivity index (χ3n) is 3.19. The van der Waals surface area contributed by atoms with E-state index in [1.807, 2.05) is 0 Å². The van der Waals surface area contributed by atoms with E-state index in [-0.39, 0.29) is 5.91 Å². The molecule has 1 saturated carbocycles. The van der Waals surface area contributed by atoms with Crippen molar-refractivity contribution in [3.05, 3.63) is 17.0 Å². The van der Waals surface area contributed by atoms with Gasteiger partial charge in [-0.2, -0.15) is 0 Å². The molecule has 5 nitrogen and oxygen atoms in total. The summed E-state index contributed by atoms with van der Waals surface area (Å²) in [4.78, 5) is 25.4. The number of amides is 2. The Labute approximate surface area is 116 Å². The molecule has 1 fully saturated rings. The van der Waals surface area contributed by atoms with Crippen molar-refractivity contribution in [1.82, 2.24) is 4.90 Å². The molecule has 1 heterocycles. The van der Waals surface area contributed by atoms with Crippen molar-refractivity contribution < 1.29 is 9.59 Å². The molecule has 1 aliphatic rings. The van der Waals surface area contributed by atoms with E-state index >= 15 is 0 Å². The van der Waals surface area contributed by atoms with Gasteiger partial charge in [-0.15, -0.1) is 11.3 Å². The van der Waals surface area contributed by atoms with Crippen LogP contribution in [0.15, 0.2) is 11.4 Å². The molecule has 6 heteroatoms. The Morgan fingerprint density at radius 3 is 2.74 bits per heavy atom. The average molecular weight is 281 g/mol. The summed E-state index contributed by atoms with van der Waals surface area (Å²) in [5, 5.41) is 5.06. The molecule has 0 bridgehead atoms. The highest BCUT2D eigenvalue weighted by atomic mass is 32.1. The molecular weight excluding hydrogens is 262 g/mol. The standard InChI is InChI=1S/C13H19N3O2S/c1-8(2)16(9-3-4-9)7-11(17)15-13-10(12(14)18)5-6-19-13/h5-6,8-9H,3-4,7H2,1-2H3,(H2,14,18)(H,15,17). The van der Waals surface area contributed by atoms with Crippen LogP contribution in [-0.2, 0) is 4.79 Å². The van der Waals surface area contributed by atoms with Crippen molar-refractivity contribution in [1.29, 1.82) is 0 Å². The number of nitrogens with two attached hydrogens (primary N) is 1. The molecule has 1 aromatic heterocycles. The van der Waals surface area contributed by atoms with Gasteiger partial charge in [-0.25, -0.2) is 0 Å². The lowest BCUT2D eigenvalue weighted by atomic mass is 10.3. The molecule has 3 N–H and O–H groups in total. The number of anilines is 1. The number of carbonyl (C=O) groups excluding carboxylic acids is 2. The second kappa shape index (κ2) is 5.71. The molecule has 0 radical (unpaired) electrons. The zero-order chi connectivity index (χ0) is 14.0. The van der Waals surface area contributed by atoms with Crippen molar-refractivity contribution in [2.75, 3.05) is 11.9 Å². The lowest BCUT2D eigenvalue weighted by molar-refractivity contribution is -0.117. The SMILES string of the molecule is CC(C)N(CC(=O)Nc1sccc1C(N)=O)C1CC1. The van der Waals surface area contributed by atoms with Gasteiger partial charge in [0.15, 0.2) is 0 Å². The summed E-state index contributed by atoms with van der Waals surface area (Å²) in [5.74, 6) is -0.606. The van der Waals surface area contributed by atoms with Gasteiger partial charge in [0.2, 0.25) is 5.91 Å². The maximum atomic E-state index is 12.0. The second-order valence-corrected chi connectivity index (χ2v) is 5.99. The number of hydrogen-bond acceptors (Lipinski definition) is 4. The summed E-state index contributed by atoms with van der Waals surface area (Å²) < 4.78 is 0. The van der Waals surface area contributed by atoms with Gasteiger partial charge in [-0.05, 0) is 38.1 Å². The Morgan fingerprint density at radius 1 is 1.53 bits per heavy atom. The lowest BCUT2D eigenvalue weighted by Gasteiger charge is -2.25. The monoisotopic (exact) mass is 281 g/mol. The predicted octanol–water partition coefficient (Wildman–Crippen LogP) is 1.66. The van der Waals surface area contributed by atoms with Crippen LogP contribution in [0, 0.1) is 0 Å². The molecule has 2 rings (SSSR count). The van der Waals surface area contributed by atoms with Gasteiger partial charge in [0, 0.05) is 12.1 Å². The number of hydrogen-bond donors (Lipinski definition) is 2. The number of rotatable bonds is 6. The summed E-state index contributed by atoms with van der Waals surface area (Å²) in [5.41, 5.74) is 5.62. The topological polar surface area (TPSA) is 75.4 Å². The molecule has 1 aromatic rings. The van der Waals surface area contributed by atoms with E-state index in [0.29, 0.717) is 29.2 Å². The van der Waals surface area contributed by atoms with Crippen LogP contribution in [0.25, 0.3) is 0 Å². The molecule has 0 spiro atoms. The van der Waals surface area contributed by atoms with Crippen LogP contribution in [0.5, 0.6) is 0 Å². The minimum atomic E-state index is -0.514. The van der Waals surface area contributed by atoms with E-state index < -0.39 is 5.91 Å². The Hall–Kier alpha value is -1.40. The van der Waals surface area contributed by atoms with Crippen LogP contribution in [0.2, 0.25) is 0 Å². The Kier molecular flexibility index (Phi) is 4.21. The molecule has 2 amide bonds. The van der Waals surface area contributed by atoms with Crippen molar-refractivity contribution in [2.24, 2.45) is 5.73 Å². The van der Waals surface area contributed by atoms with E-state index in [0.717, 1.165) is 12.8 Å². The number of primary amides is 1. The molecule has 104 valence electrons. The Balaban J connectivity index is 1.96. The molecule has 0 saturated heterocycles. The molecular formula is C13H19N3O2S. The van der Waals surface area contributed by atoms with Crippen LogP contribution in [0.3, 0.4) is 0 Å². The third-order valence-corrected chi connectivity index (χ3v) is 4.02. The van der Waals surface area contributed by atoms with E-state index in [1.165, 1.54) is 11.3 Å². The zero-order valence-corrected chi connectivity index (χ0v) is 12.0. The first-order chi connectivity index (χ1) is 8.99. The molecule has 0 aromatic carbocycles. The van der Waals surface area contributed by atoms with Crippen molar-refractivity contribution in [3.63, 3.8) is 0 Å². The molecule has 0 atom stereocenters. The fourth-order valence-corrected chi connectivity index (χ4v) is 2.88. The average Bonchev–Trinajstić information content (AvgIpc) is 3.05. The summed E-state index contributed by atoms with van der Waals surface area (Å²) in [6.07, 6.45) is 2.33. The smallest absolute Gasteiger partial charge is 0.251 e. The first kappa shape index (κ1) is 14.0. The predicted molar refractivity (Wildman–Crippen MR) is 76.3 cm³/mol. The quantitative estimate of drug-likeness (QED) is 0.832. The highest BCUT2D eigenvalue weighted by molar-refractivity contribution is 7.14. The summed E-state index contributed by atoms with van der Waals surface area (Å²) >= 11 is 1.31. The van der Waals surface area contributed by atoms with Gasteiger partial charge in [-0.3, -0.25) is 14.5 Å². The van der Waals surface area contributed by atoms with E-state index in [9.17, 15) is 9.59 Å². The Bertz CT molecular complexity index is 478. The van der Waals surface area contributed by atoms with Crippen molar-refractivity contribution in [3.8, 4) is 0 Å². The maximum absolute atomic E-state index is 12.0. The van der Waals surface area contributed by atoms with Crippen LogP contribution in [-0.4, -0.2) is 35.3 Å². The largest absolute Gasteiger partial charge is 0.366 e. The molecule has 0 unspecified atom stereocenters. The lowest BCUT2D eigenvalue weighted by Crippen LogP contribution is -2.39. The van der Waals surface area contributed by atoms with Gasteiger partial charge in [0.1, 0.15) is 5.00 Å². The number of nitrogens with zero attached hydrogens (tertiary/aromatic N) is 1. The molecule has 0 aliphatic heterocycles. The van der Waals surface area contributed by atoms with Crippen LogP contribution < -0.4 is 11.1 Å². The minimum absolute atomic E-state index is 0.0921. The van der Waals surface area contributed by atoms with Gasteiger partial charge in [0.25, 0.3) is 5.91 Å². The third kappa shape index (κ3) is 3.54. The number of nitrogens with one attached hydrogen (secondary N) is 1. The van der Waals surface area contributed by atoms with Crippen LogP contribution >= 0.6 is 11.3 Å². The van der Waals surface area contributed by atoms with E-state index in [1.54, 1.807) is 11.4 Å². The first-order valence-electron chi connectivity index (χ1n) is 6.42. The zero-order valence-electron chi connectivity index (χ0n) is 11.2. The first-order valence-corrected chi connectivity index (χ1v) is 7.30. The van der Waals surface area contributed by atoms with Crippen molar-refractivity contribution in [2.45, 2.75) is 38.8 Å². The normalized spacial score (nSPS) is 14.9.